The zero-order chi connectivity index (χ0) is 14.0. The molecule has 0 aliphatic heterocycles. The minimum atomic E-state index is 0.0238. The van der Waals surface area contributed by atoms with Gasteiger partial charge in [0, 0.05) is 17.6 Å². The molecule has 0 heterocycles. The van der Waals surface area contributed by atoms with Crippen molar-refractivity contribution in [3.05, 3.63) is 29.8 Å². The van der Waals surface area contributed by atoms with Gasteiger partial charge in [0.2, 0.25) is 5.91 Å². The van der Waals surface area contributed by atoms with E-state index in [1.165, 1.54) is 5.56 Å². The van der Waals surface area contributed by atoms with Crippen molar-refractivity contribution in [3.63, 3.8) is 0 Å². The largest absolute Gasteiger partial charge is 0.328 e. The number of rotatable bonds is 2. The molecule has 2 unspecified atom stereocenters. The Bertz CT molecular complexity index is 462. The van der Waals surface area contributed by atoms with Gasteiger partial charge in [-0.1, -0.05) is 39.0 Å². The number of hydrogen-bond acceptors (Lipinski definition) is 2. The van der Waals surface area contributed by atoms with Crippen LogP contribution in [-0.2, 0) is 10.2 Å². The number of nitrogens with two attached hydrogens (primary N) is 1. The summed E-state index contributed by atoms with van der Waals surface area (Å²) < 4.78 is 0. The SMILES string of the molecule is CC(C)(C)c1ccccc1NC(=O)C1CCC(N)C1. The van der Waals surface area contributed by atoms with Gasteiger partial charge >= 0.3 is 0 Å². The predicted octanol–water partition coefficient (Wildman–Crippen LogP) is 3.05. The van der Waals surface area contributed by atoms with Gasteiger partial charge < -0.3 is 11.1 Å². The van der Waals surface area contributed by atoms with E-state index < -0.39 is 0 Å². The molecule has 3 N–H and O–H groups in total. The van der Waals surface area contributed by atoms with Crippen molar-refractivity contribution in [1.82, 2.24) is 0 Å². The Labute approximate surface area is 115 Å². The first-order valence-corrected chi connectivity index (χ1v) is 7.04. The lowest BCUT2D eigenvalue weighted by atomic mass is 9.85. The zero-order valence-electron chi connectivity index (χ0n) is 12.1. The summed E-state index contributed by atoms with van der Waals surface area (Å²) in [5.41, 5.74) is 8.00. The summed E-state index contributed by atoms with van der Waals surface area (Å²) in [7, 11) is 0. The summed E-state index contributed by atoms with van der Waals surface area (Å²) >= 11 is 0. The number of carbonyl (C=O) groups is 1. The number of benzene rings is 1. The van der Waals surface area contributed by atoms with Crippen molar-refractivity contribution in [1.29, 1.82) is 0 Å². The fourth-order valence-corrected chi connectivity index (χ4v) is 2.74. The second-order valence-electron chi connectivity index (χ2n) is 6.55. The molecular weight excluding hydrogens is 236 g/mol. The molecule has 1 aliphatic rings. The van der Waals surface area contributed by atoms with Gasteiger partial charge in [-0.2, -0.15) is 0 Å². The second kappa shape index (κ2) is 5.33. The Morgan fingerprint density at radius 3 is 2.53 bits per heavy atom. The lowest BCUT2D eigenvalue weighted by molar-refractivity contribution is -0.119. The molecule has 0 saturated heterocycles. The monoisotopic (exact) mass is 260 g/mol. The maximum atomic E-state index is 12.3. The van der Waals surface area contributed by atoms with Crippen molar-refractivity contribution >= 4 is 11.6 Å². The summed E-state index contributed by atoms with van der Waals surface area (Å²) in [6.45, 7) is 6.47. The van der Waals surface area contributed by atoms with Gasteiger partial charge in [0.15, 0.2) is 0 Å². The molecule has 3 heteroatoms. The van der Waals surface area contributed by atoms with E-state index in [9.17, 15) is 4.79 Å². The fraction of sp³-hybridized carbons (Fsp3) is 0.562. The fourth-order valence-electron chi connectivity index (χ4n) is 2.74. The Morgan fingerprint density at radius 2 is 1.95 bits per heavy atom. The molecule has 2 rings (SSSR count). The molecule has 0 aromatic heterocycles. The molecule has 2 atom stereocenters. The minimum absolute atomic E-state index is 0.0238. The third-order valence-electron chi connectivity index (χ3n) is 3.84. The van der Waals surface area contributed by atoms with E-state index in [-0.39, 0.29) is 23.3 Å². The van der Waals surface area contributed by atoms with Crippen LogP contribution in [0.4, 0.5) is 5.69 Å². The summed E-state index contributed by atoms with van der Waals surface area (Å²) in [5, 5.41) is 3.09. The van der Waals surface area contributed by atoms with E-state index in [2.05, 4.69) is 32.2 Å². The zero-order valence-corrected chi connectivity index (χ0v) is 12.1. The Hall–Kier alpha value is -1.35. The predicted molar refractivity (Wildman–Crippen MR) is 79.1 cm³/mol. The molecule has 1 aromatic rings. The smallest absolute Gasteiger partial charge is 0.227 e. The lowest BCUT2D eigenvalue weighted by Gasteiger charge is -2.23. The van der Waals surface area contributed by atoms with Gasteiger partial charge in [-0.25, -0.2) is 0 Å². The first kappa shape index (κ1) is 14.1. The average molecular weight is 260 g/mol. The van der Waals surface area contributed by atoms with Crippen LogP contribution in [-0.4, -0.2) is 11.9 Å². The average Bonchev–Trinajstić information content (AvgIpc) is 2.75. The maximum absolute atomic E-state index is 12.3. The van der Waals surface area contributed by atoms with Gasteiger partial charge in [0.05, 0.1) is 0 Å². The molecule has 1 saturated carbocycles. The van der Waals surface area contributed by atoms with Crippen molar-refractivity contribution in [2.45, 2.75) is 51.5 Å². The number of hydrogen-bond donors (Lipinski definition) is 2. The van der Waals surface area contributed by atoms with Crippen molar-refractivity contribution < 1.29 is 4.79 Å². The number of para-hydroxylation sites is 1. The van der Waals surface area contributed by atoms with Gasteiger partial charge in [0.25, 0.3) is 0 Å². The summed E-state index contributed by atoms with van der Waals surface area (Å²) in [5.74, 6) is 0.188. The molecule has 3 nitrogen and oxygen atoms in total. The number of nitrogens with one attached hydrogen (secondary N) is 1. The van der Waals surface area contributed by atoms with Crippen molar-refractivity contribution in [3.8, 4) is 0 Å². The van der Waals surface area contributed by atoms with Gasteiger partial charge in [-0.15, -0.1) is 0 Å². The van der Waals surface area contributed by atoms with Crippen LogP contribution < -0.4 is 11.1 Å². The molecule has 0 bridgehead atoms. The van der Waals surface area contributed by atoms with E-state index in [4.69, 9.17) is 5.73 Å². The first-order chi connectivity index (χ1) is 8.88. The highest BCUT2D eigenvalue weighted by Gasteiger charge is 2.28. The van der Waals surface area contributed by atoms with Crippen LogP contribution in [0.15, 0.2) is 24.3 Å². The van der Waals surface area contributed by atoms with E-state index in [1.807, 2.05) is 18.2 Å². The summed E-state index contributed by atoms with van der Waals surface area (Å²) in [6, 6.07) is 8.23. The molecular formula is C16H24N2O. The number of amides is 1. The highest BCUT2D eigenvalue weighted by Crippen LogP contribution is 2.31. The summed E-state index contributed by atoms with van der Waals surface area (Å²) in [6.07, 6.45) is 2.67. The van der Waals surface area contributed by atoms with Gasteiger partial charge in [0.1, 0.15) is 0 Å². The van der Waals surface area contributed by atoms with Gasteiger partial charge in [-0.05, 0) is 36.3 Å². The summed E-state index contributed by atoms with van der Waals surface area (Å²) in [4.78, 5) is 12.3. The number of anilines is 1. The van der Waals surface area contributed by atoms with Crippen LogP contribution in [0.5, 0.6) is 0 Å². The third kappa shape index (κ3) is 3.35. The van der Waals surface area contributed by atoms with Gasteiger partial charge in [-0.3, -0.25) is 4.79 Å². The first-order valence-electron chi connectivity index (χ1n) is 7.04. The van der Waals surface area contributed by atoms with E-state index in [1.54, 1.807) is 0 Å². The molecule has 104 valence electrons. The van der Waals surface area contributed by atoms with Crippen LogP contribution in [0.3, 0.4) is 0 Å². The van der Waals surface area contributed by atoms with Crippen molar-refractivity contribution in [2.24, 2.45) is 11.7 Å². The number of carbonyl (C=O) groups excluding carboxylic acids is 1. The quantitative estimate of drug-likeness (QED) is 0.858. The van der Waals surface area contributed by atoms with Crippen LogP contribution in [0.25, 0.3) is 0 Å². The molecule has 1 amide bonds. The highest BCUT2D eigenvalue weighted by molar-refractivity contribution is 5.93. The standard InChI is InChI=1S/C16H24N2O/c1-16(2,3)13-6-4-5-7-14(13)18-15(19)11-8-9-12(17)10-11/h4-7,11-12H,8-10,17H2,1-3H3,(H,18,19). The molecule has 1 aliphatic carbocycles. The lowest BCUT2D eigenvalue weighted by Crippen LogP contribution is -2.25. The maximum Gasteiger partial charge on any atom is 0.227 e. The molecule has 0 spiro atoms. The minimum Gasteiger partial charge on any atom is -0.328 e. The molecule has 1 aromatic carbocycles. The van der Waals surface area contributed by atoms with Crippen LogP contribution in [0, 0.1) is 5.92 Å². The van der Waals surface area contributed by atoms with E-state index >= 15 is 0 Å². The Balaban J connectivity index is 2.13. The van der Waals surface area contributed by atoms with Crippen molar-refractivity contribution in [2.75, 3.05) is 5.32 Å². The van der Waals surface area contributed by atoms with E-state index in [0.29, 0.717) is 0 Å². The topological polar surface area (TPSA) is 55.1 Å². The molecule has 1 fully saturated rings. The van der Waals surface area contributed by atoms with Crippen LogP contribution in [0.1, 0.15) is 45.6 Å². The van der Waals surface area contributed by atoms with E-state index in [0.717, 1.165) is 24.9 Å². The molecule has 0 radical (unpaired) electrons. The molecule has 19 heavy (non-hydrogen) atoms. The second-order valence-corrected chi connectivity index (χ2v) is 6.55. The Kier molecular flexibility index (Phi) is 3.95. The highest BCUT2D eigenvalue weighted by atomic mass is 16.1. The van der Waals surface area contributed by atoms with Crippen LogP contribution in [0.2, 0.25) is 0 Å². The Morgan fingerprint density at radius 1 is 1.26 bits per heavy atom. The normalized spacial score (nSPS) is 23.4. The third-order valence-corrected chi connectivity index (χ3v) is 3.84. The van der Waals surface area contributed by atoms with Crippen LogP contribution >= 0.6 is 0 Å².